The third-order valence-corrected chi connectivity index (χ3v) is 6.10. The molecule has 8 nitrogen and oxygen atoms in total. The van der Waals surface area contributed by atoms with Crippen LogP contribution in [0.1, 0.15) is 49.2 Å². The second kappa shape index (κ2) is 12.8. The van der Waals surface area contributed by atoms with E-state index >= 15 is 0 Å². The van der Waals surface area contributed by atoms with E-state index in [0.717, 1.165) is 11.1 Å². The highest BCUT2D eigenvalue weighted by atomic mass is 32.2. The summed E-state index contributed by atoms with van der Waals surface area (Å²) >= 11 is 0. The van der Waals surface area contributed by atoms with Gasteiger partial charge in [-0.25, -0.2) is 18.0 Å². The number of sulfonamides is 1. The lowest BCUT2D eigenvalue weighted by molar-refractivity contribution is -0.192. The van der Waals surface area contributed by atoms with Crippen molar-refractivity contribution in [1.29, 1.82) is 0 Å². The van der Waals surface area contributed by atoms with Crippen molar-refractivity contribution in [2.24, 2.45) is 11.8 Å². The molecule has 0 atom stereocenters. The smallest absolute Gasteiger partial charge is 0.478 e. The molecule has 0 aromatic heterocycles. The number of nitrogens with zero attached hydrogens (tertiary/aromatic N) is 1. The molecular weight excluding hydrogens is 513 g/mol. The van der Waals surface area contributed by atoms with Gasteiger partial charge in [-0.05, 0) is 67.1 Å². The molecule has 2 aromatic rings. The van der Waals surface area contributed by atoms with Gasteiger partial charge in [0.2, 0.25) is 0 Å². The van der Waals surface area contributed by atoms with Crippen molar-refractivity contribution in [2.75, 3.05) is 22.7 Å². The Labute approximate surface area is 215 Å². The first-order valence-corrected chi connectivity index (χ1v) is 12.8. The lowest BCUT2D eigenvalue weighted by Gasteiger charge is -2.30. The van der Waals surface area contributed by atoms with E-state index in [1.165, 1.54) is 6.07 Å². The van der Waals surface area contributed by atoms with Gasteiger partial charge in [-0.3, -0.25) is 4.72 Å². The van der Waals surface area contributed by atoms with Crippen LogP contribution in [0.25, 0.3) is 0 Å². The molecule has 3 N–H and O–H groups in total. The second-order valence-corrected chi connectivity index (χ2v) is 11.1. The number of carbonyl (C=O) groups is 2. The van der Waals surface area contributed by atoms with Crippen molar-refractivity contribution in [1.82, 2.24) is 0 Å². The minimum absolute atomic E-state index is 0.0805. The van der Waals surface area contributed by atoms with E-state index in [1.54, 1.807) is 24.3 Å². The zero-order valence-electron chi connectivity index (χ0n) is 21.5. The van der Waals surface area contributed by atoms with Crippen molar-refractivity contribution in [3.63, 3.8) is 0 Å². The molecule has 206 valence electrons. The molecule has 2 rings (SSSR count). The van der Waals surface area contributed by atoms with Crippen molar-refractivity contribution < 1.29 is 41.4 Å². The van der Waals surface area contributed by atoms with Gasteiger partial charge in [-0.2, -0.15) is 13.2 Å². The highest BCUT2D eigenvalue weighted by Crippen LogP contribution is 2.28. The van der Waals surface area contributed by atoms with Crippen LogP contribution in [-0.4, -0.2) is 49.8 Å². The first-order chi connectivity index (χ1) is 16.8. The highest BCUT2D eigenvalue weighted by molar-refractivity contribution is 7.92. The van der Waals surface area contributed by atoms with Gasteiger partial charge < -0.3 is 15.1 Å². The number of carboxylic acids is 2. The number of aromatic carboxylic acids is 1. The fourth-order valence-electron chi connectivity index (χ4n) is 3.50. The highest BCUT2D eigenvalue weighted by Gasteiger charge is 2.38. The van der Waals surface area contributed by atoms with Crippen LogP contribution in [0.3, 0.4) is 0 Å². The summed E-state index contributed by atoms with van der Waals surface area (Å²) in [6.45, 7) is 13.4. The molecule has 0 aliphatic rings. The summed E-state index contributed by atoms with van der Waals surface area (Å²) in [5, 5.41) is 16.9. The van der Waals surface area contributed by atoms with Crippen molar-refractivity contribution in [3.8, 4) is 0 Å². The van der Waals surface area contributed by atoms with E-state index in [4.69, 9.17) is 9.90 Å². The van der Waals surface area contributed by atoms with Gasteiger partial charge in [0.1, 0.15) is 0 Å². The average Bonchev–Trinajstić information content (AvgIpc) is 2.71. The average molecular weight is 547 g/mol. The largest absolute Gasteiger partial charge is 0.490 e. The van der Waals surface area contributed by atoms with Crippen molar-refractivity contribution in [3.05, 3.63) is 53.1 Å². The lowest BCUT2D eigenvalue weighted by Crippen LogP contribution is -2.32. The van der Waals surface area contributed by atoms with E-state index in [9.17, 15) is 31.5 Å². The molecule has 0 unspecified atom stereocenters. The quantitative estimate of drug-likeness (QED) is 0.376. The van der Waals surface area contributed by atoms with E-state index in [-0.39, 0.29) is 16.1 Å². The first-order valence-electron chi connectivity index (χ1n) is 11.4. The maximum atomic E-state index is 12.8. The number of anilines is 2. The van der Waals surface area contributed by atoms with Gasteiger partial charge in [0, 0.05) is 18.8 Å². The number of hydrogen-bond donors (Lipinski definition) is 3. The summed E-state index contributed by atoms with van der Waals surface area (Å²) in [7, 11) is -3.83. The third-order valence-electron chi connectivity index (χ3n) is 4.74. The standard InChI is InChI=1S/C23H32N2O4S.C2HF3O2/c1-15(2)13-25(14-16(3)4)22-8-7-19(12-21(22)23(26)27)24-30(28,29)20-10-17(5)9-18(6)11-20;3-2(4,5)1(6)7/h7-12,15-16,24H,13-14H2,1-6H3,(H,26,27);(H,6,7). The molecule has 37 heavy (non-hydrogen) atoms. The minimum Gasteiger partial charge on any atom is -0.478 e. The first kappa shape index (κ1) is 31.7. The molecule has 0 fully saturated rings. The monoisotopic (exact) mass is 546 g/mol. The van der Waals surface area contributed by atoms with Crippen LogP contribution < -0.4 is 9.62 Å². The zero-order chi connectivity index (χ0) is 28.7. The van der Waals surface area contributed by atoms with Gasteiger partial charge in [-0.1, -0.05) is 33.8 Å². The zero-order valence-corrected chi connectivity index (χ0v) is 22.4. The van der Waals surface area contributed by atoms with Crippen LogP contribution in [0.4, 0.5) is 24.5 Å². The fraction of sp³-hybridized carbons (Fsp3) is 0.440. The topological polar surface area (TPSA) is 124 Å². The van der Waals surface area contributed by atoms with Crippen molar-refractivity contribution in [2.45, 2.75) is 52.6 Å². The van der Waals surface area contributed by atoms with Crippen LogP contribution in [0.5, 0.6) is 0 Å². The number of benzene rings is 2. The van der Waals surface area contributed by atoms with Crippen LogP contribution in [0.2, 0.25) is 0 Å². The number of carboxylic acid groups (broad SMARTS) is 2. The molecule has 0 amide bonds. The normalized spacial score (nSPS) is 11.6. The van der Waals surface area contributed by atoms with Gasteiger partial charge in [0.15, 0.2) is 0 Å². The number of aliphatic carboxylic acids is 1. The second-order valence-electron chi connectivity index (χ2n) is 9.46. The number of nitrogens with one attached hydrogen (secondary N) is 1. The molecule has 0 saturated heterocycles. The van der Waals surface area contributed by atoms with Crippen LogP contribution in [-0.2, 0) is 14.8 Å². The molecule has 0 aliphatic carbocycles. The van der Waals surface area contributed by atoms with Crippen LogP contribution in [0, 0.1) is 25.7 Å². The SMILES string of the molecule is Cc1cc(C)cc(S(=O)(=O)Nc2ccc(N(CC(C)C)CC(C)C)c(C(=O)O)c2)c1.O=C(O)C(F)(F)F. The van der Waals surface area contributed by atoms with Gasteiger partial charge in [-0.15, -0.1) is 0 Å². The molecule has 0 saturated carbocycles. The summed E-state index contributed by atoms with van der Waals surface area (Å²) in [5.74, 6) is -3.14. The summed E-state index contributed by atoms with van der Waals surface area (Å²) < 4.78 is 59.9. The van der Waals surface area contributed by atoms with Gasteiger partial charge in [0.05, 0.1) is 16.1 Å². The van der Waals surface area contributed by atoms with Crippen LogP contribution in [0.15, 0.2) is 41.3 Å². The Morgan fingerprint density at radius 3 is 1.76 bits per heavy atom. The van der Waals surface area contributed by atoms with Crippen molar-refractivity contribution >= 4 is 33.3 Å². The fourth-order valence-corrected chi connectivity index (χ4v) is 4.74. The Bertz CT molecular complexity index is 1180. The van der Waals surface area contributed by atoms with E-state index in [1.807, 2.05) is 19.9 Å². The molecule has 0 spiro atoms. The molecule has 12 heteroatoms. The molecular formula is C25H33F3N2O6S. The molecule has 2 aromatic carbocycles. The lowest BCUT2D eigenvalue weighted by atomic mass is 10.1. The molecule has 0 heterocycles. The predicted molar refractivity (Wildman–Crippen MR) is 136 cm³/mol. The van der Waals surface area contributed by atoms with Gasteiger partial charge >= 0.3 is 18.1 Å². The summed E-state index contributed by atoms with van der Waals surface area (Å²) in [6.07, 6.45) is -5.08. The number of hydrogen-bond acceptors (Lipinski definition) is 5. The predicted octanol–water partition coefficient (Wildman–Crippen LogP) is 5.55. The Morgan fingerprint density at radius 1 is 0.919 bits per heavy atom. The maximum Gasteiger partial charge on any atom is 0.490 e. The van der Waals surface area contributed by atoms with E-state index < -0.39 is 28.1 Å². The Morgan fingerprint density at radius 2 is 1.38 bits per heavy atom. The van der Waals surface area contributed by atoms with E-state index in [2.05, 4.69) is 37.3 Å². The third kappa shape index (κ3) is 10.3. The number of rotatable bonds is 9. The summed E-state index contributed by atoms with van der Waals surface area (Å²) in [6, 6.07) is 9.78. The van der Waals surface area contributed by atoms with Crippen LogP contribution >= 0.6 is 0 Å². The number of halogens is 3. The summed E-state index contributed by atoms with van der Waals surface area (Å²) in [5.41, 5.74) is 2.59. The number of aryl methyl sites for hydroxylation is 2. The van der Waals surface area contributed by atoms with Gasteiger partial charge in [0.25, 0.3) is 10.0 Å². The Kier molecular flexibility index (Phi) is 11.0. The molecule has 0 aliphatic heterocycles. The maximum absolute atomic E-state index is 12.8. The van der Waals surface area contributed by atoms with E-state index in [0.29, 0.717) is 30.6 Å². The molecule has 0 bridgehead atoms. The minimum atomic E-state index is -5.08. The molecule has 0 radical (unpaired) electrons. The Balaban J connectivity index is 0.000000856. The number of alkyl halides is 3. The summed E-state index contributed by atoms with van der Waals surface area (Å²) in [4.78, 5) is 23.1. The Hall–Kier alpha value is -3.28.